The van der Waals surface area contributed by atoms with Gasteiger partial charge in [-0.2, -0.15) is 0 Å². The van der Waals surface area contributed by atoms with E-state index in [-0.39, 0.29) is 11.8 Å². The first-order valence-electron chi connectivity index (χ1n) is 8.57. The summed E-state index contributed by atoms with van der Waals surface area (Å²) < 4.78 is 5.15. The lowest BCUT2D eigenvalue weighted by Crippen LogP contribution is -2.42. The Hall–Kier alpha value is -1.91. The Balaban J connectivity index is 1.60. The van der Waals surface area contributed by atoms with Crippen LogP contribution in [0.2, 0.25) is 0 Å². The third kappa shape index (κ3) is 4.09. The summed E-state index contributed by atoms with van der Waals surface area (Å²) in [6, 6.07) is 5.65. The summed E-state index contributed by atoms with van der Waals surface area (Å²) in [5.74, 6) is 1.22. The van der Waals surface area contributed by atoms with Crippen LogP contribution in [-0.4, -0.2) is 35.7 Å². The number of carbonyl (C=O) groups excluding carboxylic acids is 1. The summed E-state index contributed by atoms with van der Waals surface area (Å²) in [5, 5.41) is 12.8. The molecule has 1 aromatic rings. The molecule has 2 amide bonds. The first-order chi connectivity index (χ1) is 11.2. The number of amides is 2. The number of rotatable bonds is 6. The Morgan fingerprint density at radius 3 is 2.70 bits per heavy atom. The summed E-state index contributed by atoms with van der Waals surface area (Å²) in [6.45, 7) is 1.35. The Bertz CT molecular complexity index is 551. The van der Waals surface area contributed by atoms with Gasteiger partial charge in [-0.1, -0.05) is 18.9 Å². The van der Waals surface area contributed by atoms with Gasteiger partial charge >= 0.3 is 6.03 Å². The molecule has 2 saturated carbocycles. The topological polar surface area (TPSA) is 61.8 Å². The SMILES string of the molecule is COc1cc(CN(C(=O)NCC2CCCC2)C2CC2)ccc1O. The Morgan fingerprint density at radius 2 is 2.04 bits per heavy atom. The number of phenols is 1. The van der Waals surface area contributed by atoms with Crippen LogP contribution in [-0.2, 0) is 6.54 Å². The van der Waals surface area contributed by atoms with Crippen molar-refractivity contribution in [2.45, 2.75) is 51.1 Å². The highest BCUT2D eigenvalue weighted by atomic mass is 16.5. The third-order valence-electron chi connectivity index (χ3n) is 4.86. The van der Waals surface area contributed by atoms with Crippen LogP contribution >= 0.6 is 0 Å². The van der Waals surface area contributed by atoms with E-state index < -0.39 is 0 Å². The largest absolute Gasteiger partial charge is 0.504 e. The number of methoxy groups -OCH3 is 1. The smallest absolute Gasteiger partial charge is 0.317 e. The number of urea groups is 1. The normalized spacial score (nSPS) is 18.0. The van der Waals surface area contributed by atoms with E-state index in [1.54, 1.807) is 12.1 Å². The third-order valence-corrected chi connectivity index (χ3v) is 4.86. The average molecular weight is 318 g/mol. The molecule has 0 spiro atoms. The number of nitrogens with zero attached hydrogens (tertiary/aromatic N) is 1. The number of hydrogen-bond acceptors (Lipinski definition) is 3. The molecule has 0 bridgehead atoms. The zero-order valence-corrected chi connectivity index (χ0v) is 13.8. The second kappa shape index (κ2) is 7.11. The van der Waals surface area contributed by atoms with Gasteiger partial charge in [-0.25, -0.2) is 4.79 Å². The van der Waals surface area contributed by atoms with Gasteiger partial charge in [0.1, 0.15) is 0 Å². The number of phenolic OH excluding ortho intramolecular Hbond substituents is 1. The van der Waals surface area contributed by atoms with E-state index in [1.807, 2.05) is 11.0 Å². The van der Waals surface area contributed by atoms with Crippen molar-refractivity contribution in [2.24, 2.45) is 5.92 Å². The molecule has 0 heterocycles. The molecule has 0 atom stereocenters. The fourth-order valence-electron chi connectivity index (χ4n) is 3.32. The molecule has 0 radical (unpaired) electrons. The lowest BCUT2D eigenvalue weighted by atomic mass is 10.1. The molecule has 23 heavy (non-hydrogen) atoms. The van der Waals surface area contributed by atoms with Crippen LogP contribution in [0.25, 0.3) is 0 Å². The van der Waals surface area contributed by atoms with Crippen molar-refractivity contribution in [3.8, 4) is 11.5 Å². The number of nitrogens with one attached hydrogen (secondary N) is 1. The predicted octanol–water partition coefficient (Wildman–Crippen LogP) is 3.27. The molecule has 2 N–H and O–H groups in total. The van der Waals surface area contributed by atoms with Gasteiger partial charge in [-0.15, -0.1) is 0 Å². The minimum absolute atomic E-state index is 0.0337. The van der Waals surface area contributed by atoms with Crippen molar-refractivity contribution in [1.82, 2.24) is 10.2 Å². The lowest BCUT2D eigenvalue weighted by molar-refractivity contribution is 0.190. The maximum absolute atomic E-state index is 12.5. The summed E-state index contributed by atoms with van der Waals surface area (Å²) in [7, 11) is 1.53. The Morgan fingerprint density at radius 1 is 1.30 bits per heavy atom. The summed E-state index contributed by atoms with van der Waals surface area (Å²) in [4.78, 5) is 14.5. The second-order valence-electron chi connectivity index (χ2n) is 6.70. The Kier molecular flexibility index (Phi) is 4.94. The number of ether oxygens (including phenoxy) is 1. The van der Waals surface area contributed by atoms with Crippen molar-refractivity contribution in [1.29, 1.82) is 0 Å². The highest BCUT2D eigenvalue weighted by Crippen LogP contribution is 2.31. The van der Waals surface area contributed by atoms with Gasteiger partial charge in [0.2, 0.25) is 0 Å². The van der Waals surface area contributed by atoms with Crippen molar-refractivity contribution in [3.63, 3.8) is 0 Å². The number of aromatic hydroxyl groups is 1. The number of benzene rings is 1. The molecule has 126 valence electrons. The standard InChI is InChI=1S/C18H26N2O3/c1-23-17-10-14(6-9-16(17)21)12-20(15-7-8-15)18(22)19-11-13-4-2-3-5-13/h6,9-10,13,15,21H,2-5,7-8,11-12H2,1H3,(H,19,22). The van der Waals surface area contributed by atoms with E-state index in [9.17, 15) is 9.90 Å². The second-order valence-corrected chi connectivity index (χ2v) is 6.70. The fraction of sp³-hybridized carbons (Fsp3) is 0.611. The van der Waals surface area contributed by atoms with E-state index in [0.29, 0.717) is 24.3 Å². The molecule has 2 fully saturated rings. The van der Waals surface area contributed by atoms with E-state index in [1.165, 1.54) is 32.8 Å². The van der Waals surface area contributed by atoms with Gasteiger partial charge in [0.25, 0.3) is 0 Å². The van der Waals surface area contributed by atoms with Crippen LogP contribution in [0, 0.1) is 5.92 Å². The minimum atomic E-state index is 0.0337. The summed E-state index contributed by atoms with van der Waals surface area (Å²) in [6.07, 6.45) is 7.20. The van der Waals surface area contributed by atoms with Crippen molar-refractivity contribution in [3.05, 3.63) is 23.8 Å². The Labute approximate surface area is 137 Å². The van der Waals surface area contributed by atoms with Gasteiger partial charge in [0, 0.05) is 19.1 Å². The summed E-state index contributed by atoms with van der Waals surface area (Å²) in [5.41, 5.74) is 0.975. The molecule has 3 rings (SSSR count). The maximum atomic E-state index is 12.5. The van der Waals surface area contributed by atoms with Crippen LogP contribution in [0.5, 0.6) is 11.5 Å². The number of carbonyl (C=O) groups is 1. The molecule has 0 aliphatic heterocycles. The molecule has 5 heteroatoms. The molecule has 1 aromatic carbocycles. The molecule has 2 aliphatic rings. The quantitative estimate of drug-likeness (QED) is 0.846. The first-order valence-corrected chi connectivity index (χ1v) is 8.57. The zero-order valence-electron chi connectivity index (χ0n) is 13.8. The molecular weight excluding hydrogens is 292 g/mol. The van der Waals surface area contributed by atoms with E-state index in [2.05, 4.69) is 5.32 Å². The monoisotopic (exact) mass is 318 g/mol. The maximum Gasteiger partial charge on any atom is 0.317 e. The molecule has 2 aliphatic carbocycles. The average Bonchev–Trinajstić information content (AvgIpc) is 3.26. The van der Waals surface area contributed by atoms with E-state index >= 15 is 0 Å². The van der Waals surface area contributed by atoms with Crippen molar-refractivity contribution < 1.29 is 14.6 Å². The van der Waals surface area contributed by atoms with E-state index in [4.69, 9.17) is 4.74 Å². The minimum Gasteiger partial charge on any atom is -0.504 e. The molecule has 5 nitrogen and oxygen atoms in total. The van der Waals surface area contributed by atoms with Crippen LogP contribution in [0.1, 0.15) is 44.1 Å². The van der Waals surface area contributed by atoms with Gasteiger partial charge < -0.3 is 20.1 Å². The molecule has 0 aromatic heterocycles. The number of hydrogen-bond donors (Lipinski definition) is 2. The van der Waals surface area contributed by atoms with Crippen LogP contribution in [0.4, 0.5) is 4.79 Å². The van der Waals surface area contributed by atoms with Crippen LogP contribution < -0.4 is 10.1 Å². The van der Waals surface area contributed by atoms with Crippen molar-refractivity contribution in [2.75, 3.05) is 13.7 Å². The summed E-state index contributed by atoms with van der Waals surface area (Å²) >= 11 is 0. The fourth-order valence-corrected chi connectivity index (χ4v) is 3.32. The lowest BCUT2D eigenvalue weighted by Gasteiger charge is -2.24. The molecule has 0 unspecified atom stereocenters. The first kappa shape index (κ1) is 16.0. The van der Waals surface area contributed by atoms with Gasteiger partial charge in [0.15, 0.2) is 11.5 Å². The zero-order chi connectivity index (χ0) is 16.2. The predicted molar refractivity (Wildman–Crippen MR) is 88.6 cm³/mol. The van der Waals surface area contributed by atoms with Crippen LogP contribution in [0.3, 0.4) is 0 Å². The van der Waals surface area contributed by atoms with Gasteiger partial charge in [-0.3, -0.25) is 0 Å². The van der Waals surface area contributed by atoms with Crippen molar-refractivity contribution >= 4 is 6.03 Å². The van der Waals surface area contributed by atoms with E-state index in [0.717, 1.165) is 24.9 Å². The molecule has 0 saturated heterocycles. The van der Waals surface area contributed by atoms with Gasteiger partial charge in [0.05, 0.1) is 7.11 Å². The van der Waals surface area contributed by atoms with Crippen LogP contribution in [0.15, 0.2) is 18.2 Å². The molecular formula is C18H26N2O3. The highest BCUT2D eigenvalue weighted by Gasteiger charge is 2.33. The van der Waals surface area contributed by atoms with Gasteiger partial charge in [-0.05, 0) is 49.3 Å². The highest BCUT2D eigenvalue weighted by molar-refractivity contribution is 5.75.